The summed E-state index contributed by atoms with van der Waals surface area (Å²) in [6.45, 7) is 7.49. The van der Waals surface area contributed by atoms with Crippen molar-refractivity contribution in [1.82, 2.24) is 9.80 Å². The molecule has 2 saturated heterocycles. The number of amides is 1. The second kappa shape index (κ2) is 10.2. The summed E-state index contributed by atoms with van der Waals surface area (Å²) >= 11 is 0. The minimum atomic E-state index is -0.0505. The SMILES string of the molecule is COc1ccccc1N1CCN([C@@H](C)C(=O)N2CCC(Cc3ccccc3)CC2)CC1. The van der Waals surface area contributed by atoms with Crippen LogP contribution in [-0.2, 0) is 11.2 Å². The van der Waals surface area contributed by atoms with Gasteiger partial charge in [0.05, 0.1) is 18.8 Å². The number of carbonyl (C=O) groups is 1. The molecule has 0 unspecified atom stereocenters. The van der Waals surface area contributed by atoms with Gasteiger partial charge in [0.1, 0.15) is 5.75 Å². The van der Waals surface area contributed by atoms with Crippen LogP contribution in [0.1, 0.15) is 25.3 Å². The quantitative estimate of drug-likeness (QED) is 0.713. The Labute approximate surface area is 186 Å². The lowest BCUT2D eigenvalue weighted by atomic mass is 9.90. The van der Waals surface area contributed by atoms with Crippen LogP contribution in [0.4, 0.5) is 5.69 Å². The lowest BCUT2D eigenvalue weighted by Gasteiger charge is -2.41. The highest BCUT2D eigenvalue weighted by Gasteiger charge is 2.31. The number of nitrogens with zero attached hydrogens (tertiary/aromatic N) is 3. The molecule has 0 aliphatic carbocycles. The van der Waals surface area contributed by atoms with Gasteiger partial charge in [0.2, 0.25) is 5.91 Å². The monoisotopic (exact) mass is 421 g/mol. The van der Waals surface area contributed by atoms with Crippen molar-refractivity contribution in [3.05, 3.63) is 60.2 Å². The van der Waals surface area contributed by atoms with E-state index in [0.29, 0.717) is 11.8 Å². The Morgan fingerprint density at radius 1 is 0.935 bits per heavy atom. The third kappa shape index (κ3) is 5.21. The standard InChI is InChI=1S/C26H35N3O2/c1-21(27-16-18-28(19-17-27)24-10-6-7-11-25(24)31-2)26(30)29-14-12-23(13-15-29)20-22-8-4-3-5-9-22/h3-11,21,23H,12-20H2,1-2H3/t21-/m0/s1. The maximum atomic E-state index is 13.2. The summed E-state index contributed by atoms with van der Waals surface area (Å²) in [5.41, 5.74) is 2.55. The molecule has 5 heteroatoms. The summed E-state index contributed by atoms with van der Waals surface area (Å²) in [5, 5.41) is 0. The molecule has 0 radical (unpaired) electrons. The predicted molar refractivity (Wildman–Crippen MR) is 126 cm³/mol. The molecule has 31 heavy (non-hydrogen) atoms. The number of methoxy groups -OCH3 is 1. The number of para-hydroxylation sites is 2. The molecule has 2 aliphatic heterocycles. The molecule has 0 saturated carbocycles. The van der Waals surface area contributed by atoms with Crippen LogP contribution in [0, 0.1) is 5.92 Å². The fraction of sp³-hybridized carbons (Fsp3) is 0.500. The first-order valence-corrected chi connectivity index (χ1v) is 11.6. The van der Waals surface area contributed by atoms with Crippen LogP contribution in [0.2, 0.25) is 0 Å². The van der Waals surface area contributed by atoms with Crippen molar-refractivity contribution in [3.63, 3.8) is 0 Å². The minimum Gasteiger partial charge on any atom is -0.495 e. The maximum absolute atomic E-state index is 13.2. The van der Waals surface area contributed by atoms with Crippen LogP contribution >= 0.6 is 0 Å². The van der Waals surface area contributed by atoms with Crippen molar-refractivity contribution in [3.8, 4) is 5.75 Å². The van der Waals surface area contributed by atoms with E-state index in [1.165, 1.54) is 5.56 Å². The van der Waals surface area contributed by atoms with Crippen molar-refractivity contribution in [1.29, 1.82) is 0 Å². The number of anilines is 1. The minimum absolute atomic E-state index is 0.0505. The molecule has 0 spiro atoms. The Balaban J connectivity index is 1.26. The average Bonchev–Trinajstić information content (AvgIpc) is 2.84. The molecule has 166 valence electrons. The second-order valence-electron chi connectivity index (χ2n) is 8.83. The molecule has 2 aliphatic rings. The Hall–Kier alpha value is -2.53. The van der Waals surface area contributed by atoms with Gasteiger partial charge >= 0.3 is 0 Å². The molecule has 1 amide bonds. The van der Waals surface area contributed by atoms with E-state index in [-0.39, 0.29) is 6.04 Å². The van der Waals surface area contributed by atoms with E-state index in [2.05, 4.69) is 64.1 Å². The van der Waals surface area contributed by atoms with Crippen molar-refractivity contribution >= 4 is 11.6 Å². The zero-order chi connectivity index (χ0) is 21.6. The molecular formula is C26H35N3O2. The third-order valence-corrected chi connectivity index (χ3v) is 6.94. The third-order valence-electron chi connectivity index (χ3n) is 6.94. The molecule has 0 bridgehead atoms. The molecule has 0 N–H and O–H groups in total. The van der Waals surface area contributed by atoms with Gasteiger partial charge in [-0.05, 0) is 49.8 Å². The van der Waals surface area contributed by atoms with Gasteiger partial charge in [-0.1, -0.05) is 42.5 Å². The lowest BCUT2D eigenvalue weighted by Crippen LogP contribution is -2.55. The van der Waals surface area contributed by atoms with Crippen LogP contribution in [-0.4, -0.2) is 68.1 Å². The Bertz CT molecular complexity index is 841. The smallest absolute Gasteiger partial charge is 0.239 e. The first-order valence-electron chi connectivity index (χ1n) is 11.6. The van der Waals surface area contributed by atoms with Gasteiger partial charge in [0.15, 0.2) is 0 Å². The van der Waals surface area contributed by atoms with Crippen LogP contribution in [0.15, 0.2) is 54.6 Å². The number of hydrogen-bond acceptors (Lipinski definition) is 4. The summed E-state index contributed by atoms with van der Waals surface area (Å²) in [6.07, 6.45) is 3.34. The number of carbonyl (C=O) groups excluding carboxylic acids is 1. The van der Waals surface area contributed by atoms with Gasteiger partial charge in [0.25, 0.3) is 0 Å². The average molecular weight is 422 g/mol. The molecule has 4 rings (SSSR count). The summed E-state index contributed by atoms with van der Waals surface area (Å²) in [7, 11) is 1.72. The highest BCUT2D eigenvalue weighted by molar-refractivity contribution is 5.81. The fourth-order valence-electron chi connectivity index (χ4n) is 4.97. The highest BCUT2D eigenvalue weighted by atomic mass is 16.5. The number of benzene rings is 2. The molecule has 2 fully saturated rings. The van der Waals surface area contributed by atoms with Gasteiger partial charge in [0, 0.05) is 39.3 Å². The van der Waals surface area contributed by atoms with E-state index in [1.807, 2.05) is 12.1 Å². The van der Waals surface area contributed by atoms with Gasteiger partial charge in [-0.25, -0.2) is 0 Å². The van der Waals surface area contributed by atoms with E-state index >= 15 is 0 Å². The Kier molecular flexibility index (Phi) is 7.13. The van der Waals surface area contributed by atoms with E-state index in [0.717, 1.165) is 70.0 Å². The molecular weight excluding hydrogens is 386 g/mol. The number of piperazine rings is 1. The fourth-order valence-corrected chi connectivity index (χ4v) is 4.97. The summed E-state index contributed by atoms with van der Waals surface area (Å²) in [5.74, 6) is 1.90. The summed E-state index contributed by atoms with van der Waals surface area (Å²) in [6, 6.07) is 18.9. The molecule has 2 aromatic carbocycles. The molecule has 2 aromatic rings. The first-order chi connectivity index (χ1) is 15.2. The van der Waals surface area contributed by atoms with Crippen molar-refractivity contribution in [2.45, 2.75) is 32.2 Å². The number of ether oxygens (including phenoxy) is 1. The maximum Gasteiger partial charge on any atom is 0.239 e. The molecule has 0 aromatic heterocycles. The number of piperidine rings is 1. The zero-order valence-electron chi connectivity index (χ0n) is 18.9. The first kappa shape index (κ1) is 21.7. The van der Waals surface area contributed by atoms with Crippen molar-refractivity contribution in [2.75, 3.05) is 51.3 Å². The van der Waals surface area contributed by atoms with Gasteiger partial charge < -0.3 is 14.5 Å². The Morgan fingerprint density at radius 3 is 2.26 bits per heavy atom. The Morgan fingerprint density at radius 2 is 1.58 bits per heavy atom. The summed E-state index contributed by atoms with van der Waals surface area (Å²) in [4.78, 5) is 20.0. The largest absolute Gasteiger partial charge is 0.495 e. The van der Waals surface area contributed by atoms with E-state index in [1.54, 1.807) is 7.11 Å². The van der Waals surface area contributed by atoms with Crippen LogP contribution in [0.5, 0.6) is 5.75 Å². The van der Waals surface area contributed by atoms with Crippen LogP contribution in [0.3, 0.4) is 0 Å². The van der Waals surface area contributed by atoms with Crippen LogP contribution < -0.4 is 9.64 Å². The van der Waals surface area contributed by atoms with Crippen LogP contribution in [0.25, 0.3) is 0 Å². The van der Waals surface area contributed by atoms with Crippen molar-refractivity contribution in [2.24, 2.45) is 5.92 Å². The molecule has 2 heterocycles. The van der Waals surface area contributed by atoms with Crippen molar-refractivity contribution < 1.29 is 9.53 Å². The van der Waals surface area contributed by atoms with Gasteiger partial charge in [-0.3, -0.25) is 9.69 Å². The van der Waals surface area contributed by atoms with Gasteiger partial charge in [-0.2, -0.15) is 0 Å². The lowest BCUT2D eigenvalue weighted by molar-refractivity contribution is -0.138. The van der Waals surface area contributed by atoms with E-state index in [9.17, 15) is 4.79 Å². The second-order valence-corrected chi connectivity index (χ2v) is 8.83. The normalized spacial score (nSPS) is 19.3. The van der Waals surface area contributed by atoms with E-state index < -0.39 is 0 Å². The van der Waals surface area contributed by atoms with E-state index in [4.69, 9.17) is 4.74 Å². The number of hydrogen-bond donors (Lipinski definition) is 0. The molecule has 5 nitrogen and oxygen atoms in total. The zero-order valence-corrected chi connectivity index (χ0v) is 18.9. The van der Waals surface area contributed by atoms with Gasteiger partial charge in [-0.15, -0.1) is 0 Å². The number of likely N-dealkylation sites (tertiary alicyclic amines) is 1. The highest BCUT2D eigenvalue weighted by Crippen LogP contribution is 2.29. The predicted octanol–water partition coefficient (Wildman–Crippen LogP) is 3.69. The topological polar surface area (TPSA) is 36.0 Å². The number of rotatable bonds is 6. The summed E-state index contributed by atoms with van der Waals surface area (Å²) < 4.78 is 5.52. The molecule has 1 atom stereocenters.